The second-order valence-electron chi connectivity index (χ2n) is 4.23. The maximum absolute atomic E-state index is 14.0. The highest BCUT2D eigenvalue weighted by atomic mass is 19.1. The monoisotopic (exact) mass is 253 g/mol. The van der Waals surface area contributed by atoms with Gasteiger partial charge in [-0.05, 0) is 36.4 Å². The van der Waals surface area contributed by atoms with Crippen LogP contribution in [-0.4, -0.2) is 12.1 Å². The Morgan fingerprint density at radius 1 is 1.00 bits per heavy atom. The molecule has 0 fully saturated rings. The van der Waals surface area contributed by atoms with Crippen LogP contribution in [0, 0.1) is 5.82 Å². The summed E-state index contributed by atoms with van der Waals surface area (Å²) >= 11 is 0. The number of halogens is 1. The van der Waals surface area contributed by atoms with Crippen LogP contribution in [0.2, 0.25) is 0 Å². The number of pyridine rings is 1. The molecule has 3 aromatic rings. The van der Waals surface area contributed by atoms with Crippen LogP contribution in [-0.2, 0) is 0 Å². The van der Waals surface area contributed by atoms with Crippen LogP contribution in [0.5, 0.6) is 5.75 Å². The van der Waals surface area contributed by atoms with Crippen molar-refractivity contribution < 1.29 is 9.13 Å². The average Bonchev–Trinajstić information content (AvgIpc) is 2.47. The lowest BCUT2D eigenvalue weighted by Gasteiger charge is -2.05. The molecule has 0 amide bonds. The Labute approximate surface area is 110 Å². The Balaban J connectivity index is 2.14. The minimum atomic E-state index is -0.253. The summed E-state index contributed by atoms with van der Waals surface area (Å²) in [4.78, 5) is 4.48. The number of aromatic nitrogens is 1. The topological polar surface area (TPSA) is 22.1 Å². The number of para-hydroxylation sites is 1. The van der Waals surface area contributed by atoms with Crippen LogP contribution in [0.25, 0.3) is 22.2 Å². The minimum Gasteiger partial charge on any atom is -0.497 e. The van der Waals surface area contributed by atoms with Gasteiger partial charge in [0.15, 0.2) is 0 Å². The van der Waals surface area contributed by atoms with Gasteiger partial charge < -0.3 is 4.74 Å². The van der Waals surface area contributed by atoms with E-state index in [4.69, 9.17) is 4.74 Å². The largest absolute Gasteiger partial charge is 0.497 e. The van der Waals surface area contributed by atoms with Gasteiger partial charge in [-0.25, -0.2) is 9.37 Å². The van der Waals surface area contributed by atoms with E-state index in [-0.39, 0.29) is 5.82 Å². The molecule has 2 nitrogen and oxygen atoms in total. The third kappa shape index (κ3) is 2.15. The van der Waals surface area contributed by atoms with E-state index in [1.54, 1.807) is 19.2 Å². The first-order chi connectivity index (χ1) is 9.28. The summed E-state index contributed by atoms with van der Waals surface area (Å²) < 4.78 is 19.1. The third-order valence-electron chi connectivity index (χ3n) is 3.05. The quantitative estimate of drug-likeness (QED) is 0.687. The zero-order chi connectivity index (χ0) is 13.2. The van der Waals surface area contributed by atoms with Gasteiger partial charge in [-0.3, -0.25) is 0 Å². The normalized spacial score (nSPS) is 10.6. The number of methoxy groups -OCH3 is 1. The van der Waals surface area contributed by atoms with Crippen molar-refractivity contribution in [2.24, 2.45) is 0 Å². The molecule has 3 heteroatoms. The SMILES string of the molecule is COc1ccc(-c2cc(F)c3ccccc3n2)cc1. The Bertz CT molecular complexity index is 722. The zero-order valence-electron chi connectivity index (χ0n) is 10.4. The number of hydrogen-bond acceptors (Lipinski definition) is 2. The standard InChI is InChI=1S/C16H12FNO/c1-19-12-8-6-11(7-9-12)16-10-14(17)13-4-2-3-5-15(13)18-16/h2-10H,1H3. The van der Waals surface area contributed by atoms with Crippen LogP contribution in [0.1, 0.15) is 0 Å². The highest BCUT2D eigenvalue weighted by Crippen LogP contribution is 2.25. The summed E-state index contributed by atoms with van der Waals surface area (Å²) in [6, 6.07) is 16.1. The van der Waals surface area contributed by atoms with Crippen LogP contribution in [0.15, 0.2) is 54.6 Å². The molecule has 94 valence electrons. The van der Waals surface area contributed by atoms with Gasteiger partial charge in [0.05, 0.1) is 18.3 Å². The smallest absolute Gasteiger partial charge is 0.134 e. The first-order valence-electron chi connectivity index (χ1n) is 5.97. The fourth-order valence-electron chi connectivity index (χ4n) is 2.04. The van der Waals surface area contributed by atoms with Crippen molar-refractivity contribution in [3.8, 4) is 17.0 Å². The zero-order valence-corrected chi connectivity index (χ0v) is 10.4. The van der Waals surface area contributed by atoms with Gasteiger partial charge in [-0.2, -0.15) is 0 Å². The van der Waals surface area contributed by atoms with Gasteiger partial charge in [0, 0.05) is 17.0 Å². The van der Waals surface area contributed by atoms with E-state index in [0.717, 1.165) is 11.3 Å². The van der Waals surface area contributed by atoms with E-state index in [0.29, 0.717) is 16.6 Å². The van der Waals surface area contributed by atoms with E-state index in [9.17, 15) is 4.39 Å². The van der Waals surface area contributed by atoms with Gasteiger partial charge >= 0.3 is 0 Å². The maximum Gasteiger partial charge on any atom is 0.134 e. The first kappa shape index (κ1) is 11.7. The van der Waals surface area contributed by atoms with Crippen molar-refractivity contribution in [1.82, 2.24) is 4.98 Å². The fourth-order valence-corrected chi connectivity index (χ4v) is 2.04. The predicted octanol–water partition coefficient (Wildman–Crippen LogP) is 4.05. The van der Waals surface area contributed by atoms with Crippen molar-refractivity contribution in [2.45, 2.75) is 0 Å². The summed E-state index contributed by atoms with van der Waals surface area (Å²) in [5.74, 6) is 0.515. The third-order valence-corrected chi connectivity index (χ3v) is 3.05. The van der Waals surface area contributed by atoms with Crippen molar-refractivity contribution in [1.29, 1.82) is 0 Å². The van der Waals surface area contributed by atoms with Gasteiger partial charge in [0.2, 0.25) is 0 Å². The lowest BCUT2D eigenvalue weighted by molar-refractivity contribution is 0.415. The molecule has 0 radical (unpaired) electrons. The van der Waals surface area contributed by atoms with E-state index < -0.39 is 0 Å². The molecule has 0 spiro atoms. The average molecular weight is 253 g/mol. The molecule has 0 aliphatic heterocycles. The Morgan fingerprint density at radius 3 is 2.47 bits per heavy atom. The second-order valence-corrected chi connectivity index (χ2v) is 4.23. The van der Waals surface area contributed by atoms with E-state index in [2.05, 4.69) is 4.98 Å². The highest BCUT2D eigenvalue weighted by molar-refractivity contribution is 5.82. The molecule has 0 N–H and O–H groups in total. The van der Waals surface area contributed by atoms with E-state index in [1.807, 2.05) is 36.4 Å². The van der Waals surface area contributed by atoms with E-state index in [1.165, 1.54) is 6.07 Å². The van der Waals surface area contributed by atoms with Crippen LogP contribution >= 0.6 is 0 Å². The number of hydrogen-bond donors (Lipinski definition) is 0. The van der Waals surface area contributed by atoms with Crippen LogP contribution in [0.3, 0.4) is 0 Å². The summed E-state index contributed by atoms with van der Waals surface area (Å²) in [6.45, 7) is 0. The lowest BCUT2D eigenvalue weighted by atomic mass is 10.1. The van der Waals surface area contributed by atoms with E-state index >= 15 is 0 Å². The molecule has 0 unspecified atom stereocenters. The number of benzene rings is 2. The predicted molar refractivity (Wildman–Crippen MR) is 73.7 cm³/mol. The summed E-state index contributed by atoms with van der Waals surface area (Å²) in [5.41, 5.74) is 2.15. The lowest BCUT2D eigenvalue weighted by Crippen LogP contribution is -1.89. The molecule has 0 bridgehead atoms. The Hall–Kier alpha value is -2.42. The molecular weight excluding hydrogens is 241 g/mol. The van der Waals surface area contributed by atoms with Gasteiger partial charge in [-0.15, -0.1) is 0 Å². The fraction of sp³-hybridized carbons (Fsp3) is 0.0625. The number of ether oxygens (including phenoxy) is 1. The maximum atomic E-state index is 14.0. The molecule has 3 rings (SSSR count). The Morgan fingerprint density at radius 2 is 1.74 bits per heavy atom. The van der Waals surface area contributed by atoms with Crippen molar-refractivity contribution in [3.63, 3.8) is 0 Å². The molecule has 0 saturated carbocycles. The van der Waals surface area contributed by atoms with Crippen molar-refractivity contribution in [2.75, 3.05) is 7.11 Å². The molecule has 0 atom stereocenters. The van der Waals surface area contributed by atoms with Crippen molar-refractivity contribution >= 4 is 10.9 Å². The number of nitrogens with zero attached hydrogens (tertiary/aromatic N) is 1. The summed E-state index contributed by atoms with van der Waals surface area (Å²) in [7, 11) is 1.61. The molecule has 1 heterocycles. The number of fused-ring (bicyclic) bond motifs is 1. The number of rotatable bonds is 2. The molecule has 0 aliphatic rings. The molecule has 1 aromatic heterocycles. The van der Waals surface area contributed by atoms with Crippen LogP contribution in [0.4, 0.5) is 4.39 Å². The second kappa shape index (κ2) is 4.69. The minimum absolute atomic E-state index is 0.253. The van der Waals surface area contributed by atoms with Gasteiger partial charge in [0.25, 0.3) is 0 Å². The molecule has 2 aromatic carbocycles. The molecule has 0 aliphatic carbocycles. The summed E-state index contributed by atoms with van der Waals surface area (Å²) in [5, 5.41) is 0.541. The first-order valence-corrected chi connectivity index (χ1v) is 5.97. The molecule has 19 heavy (non-hydrogen) atoms. The highest BCUT2D eigenvalue weighted by Gasteiger charge is 2.06. The van der Waals surface area contributed by atoms with Crippen LogP contribution < -0.4 is 4.74 Å². The van der Waals surface area contributed by atoms with Crippen molar-refractivity contribution in [3.05, 3.63) is 60.4 Å². The molecular formula is C16H12FNO. The van der Waals surface area contributed by atoms with Gasteiger partial charge in [-0.1, -0.05) is 12.1 Å². The summed E-state index contributed by atoms with van der Waals surface area (Å²) in [6.07, 6.45) is 0. The Kier molecular flexibility index (Phi) is 2.88. The van der Waals surface area contributed by atoms with Gasteiger partial charge in [0.1, 0.15) is 11.6 Å². The molecule has 0 saturated heterocycles.